The maximum Gasteiger partial charge on any atom is 0.331 e. The van der Waals surface area contributed by atoms with Crippen LogP contribution in [0.1, 0.15) is 24.3 Å². The number of hydrogen-bond acceptors (Lipinski definition) is 6. The van der Waals surface area contributed by atoms with E-state index in [1.807, 2.05) is 13.8 Å². The Hall–Kier alpha value is -1.70. The molecule has 11 heteroatoms. The zero-order chi connectivity index (χ0) is 19.9. The van der Waals surface area contributed by atoms with Crippen LogP contribution in [-0.4, -0.2) is 45.9 Å². The van der Waals surface area contributed by atoms with Crippen molar-refractivity contribution in [2.75, 3.05) is 0 Å². The van der Waals surface area contributed by atoms with E-state index in [9.17, 15) is 22.6 Å². The molecule has 3 heterocycles. The van der Waals surface area contributed by atoms with E-state index in [0.29, 0.717) is 11.4 Å². The summed E-state index contributed by atoms with van der Waals surface area (Å²) in [7, 11) is -3.37. The largest absolute Gasteiger partial charge is 0.331 e. The second kappa shape index (κ2) is 8.35. The van der Waals surface area contributed by atoms with Gasteiger partial charge in [-0.25, -0.2) is 4.79 Å². The van der Waals surface area contributed by atoms with Crippen molar-refractivity contribution in [1.29, 1.82) is 0 Å². The van der Waals surface area contributed by atoms with Gasteiger partial charge in [0.15, 0.2) is 0 Å². The standard InChI is InChI=1S/C17H19N3O5S2.Li/c1-10(2)9-20-16-13(15(21)19(3)17(20)22)14(27(23,24)25)12(26-16)7-11-5-4-6-18-8-11;/h4-6,8,10H,7,9H2,1-3H3,(H,23,24,25);. The van der Waals surface area contributed by atoms with E-state index in [1.165, 1.54) is 11.6 Å². The minimum absolute atomic E-state index is 0. The van der Waals surface area contributed by atoms with Gasteiger partial charge in [-0.2, -0.15) is 8.42 Å². The number of hydrogen-bond donors (Lipinski definition) is 1. The molecule has 0 amide bonds. The molecular formula is C17H19LiN3O5S2. The summed E-state index contributed by atoms with van der Waals surface area (Å²) in [5, 5.41) is -0.149. The van der Waals surface area contributed by atoms with Crippen molar-refractivity contribution >= 4 is 50.5 Å². The van der Waals surface area contributed by atoms with Gasteiger partial charge in [0.2, 0.25) is 0 Å². The van der Waals surface area contributed by atoms with Crippen molar-refractivity contribution < 1.29 is 13.0 Å². The normalized spacial score (nSPS) is 11.8. The molecule has 3 aromatic heterocycles. The smallest absolute Gasteiger partial charge is 0.284 e. The Bertz CT molecular complexity index is 1230. The van der Waals surface area contributed by atoms with Crippen LogP contribution in [0.3, 0.4) is 0 Å². The van der Waals surface area contributed by atoms with Crippen molar-refractivity contribution in [2.45, 2.75) is 31.7 Å². The van der Waals surface area contributed by atoms with E-state index in [2.05, 4.69) is 4.98 Å². The van der Waals surface area contributed by atoms with E-state index >= 15 is 0 Å². The predicted molar refractivity (Wildman–Crippen MR) is 109 cm³/mol. The third-order valence-corrected chi connectivity index (χ3v) is 6.40. The third-order valence-electron chi connectivity index (χ3n) is 4.09. The quantitative estimate of drug-likeness (QED) is 0.495. The molecule has 8 nitrogen and oxygen atoms in total. The molecule has 0 aliphatic rings. The van der Waals surface area contributed by atoms with Gasteiger partial charge in [0, 0.05) is 56.1 Å². The fraction of sp³-hybridized carbons (Fsp3) is 0.353. The van der Waals surface area contributed by atoms with Gasteiger partial charge < -0.3 is 0 Å². The Kier molecular flexibility index (Phi) is 6.73. The fourth-order valence-electron chi connectivity index (χ4n) is 2.96. The topological polar surface area (TPSA) is 111 Å². The molecule has 0 aliphatic carbocycles. The first-order chi connectivity index (χ1) is 12.6. The van der Waals surface area contributed by atoms with E-state index in [0.717, 1.165) is 21.5 Å². The second-order valence-corrected chi connectivity index (χ2v) is 9.14. The summed E-state index contributed by atoms with van der Waals surface area (Å²) in [6, 6.07) is 3.48. The average Bonchev–Trinajstić information content (AvgIpc) is 2.97. The monoisotopic (exact) mass is 416 g/mol. The summed E-state index contributed by atoms with van der Waals surface area (Å²) >= 11 is 1.03. The van der Waals surface area contributed by atoms with Crippen LogP contribution in [0.5, 0.6) is 0 Å². The summed E-state index contributed by atoms with van der Waals surface area (Å²) in [6.45, 7) is 4.15. The molecule has 0 atom stereocenters. The van der Waals surface area contributed by atoms with Crippen molar-refractivity contribution in [3.8, 4) is 0 Å². The molecule has 3 rings (SSSR count). The molecule has 0 spiro atoms. The molecule has 0 unspecified atom stereocenters. The molecule has 0 fully saturated rings. The van der Waals surface area contributed by atoms with Crippen molar-refractivity contribution in [1.82, 2.24) is 14.1 Å². The number of fused-ring (bicyclic) bond motifs is 1. The zero-order valence-corrected chi connectivity index (χ0v) is 17.7. The van der Waals surface area contributed by atoms with Crippen LogP contribution >= 0.6 is 11.3 Å². The SMILES string of the molecule is CC(C)Cn1c(=O)n(C)c(=O)c2c(S(=O)(=O)O)c(Cc3cccnc3)sc21.[Li]. The number of nitrogens with zero attached hydrogens (tertiary/aromatic N) is 3. The van der Waals surface area contributed by atoms with Crippen LogP contribution in [0.25, 0.3) is 10.2 Å². The Morgan fingerprint density at radius 3 is 2.50 bits per heavy atom. The van der Waals surface area contributed by atoms with Crippen LogP contribution in [0.15, 0.2) is 39.0 Å². The van der Waals surface area contributed by atoms with Gasteiger partial charge in [0.25, 0.3) is 15.7 Å². The molecule has 0 aliphatic heterocycles. The fourth-order valence-corrected chi connectivity index (χ4v) is 5.48. The van der Waals surface area contributed by atoms with Crippen LogP contribution in [0.2, 0.25) is 0 Å². The maximum absolute atomic E-state index is 12.7. The number of thiophene rings is 1. The Labute approximate surface area is 177 Å². The first-order valence-corrected chi connectivity index (χ1v) is 10.5. The maximum atomic E-state index is 12.7. The molecule has 145 valence electrons. The van der Waals surface area contributed by atoms with Crippen LogP contribution in [-0.2, 0) is 30.1 Å². The van der Waals surface area contributed by atoms with Gasteiger partial charge in [0.1, 0.15) is 9.73 Å². The van der Waals surface area contributed by atoms with Crippen LogP contribution in [0.4, 0.5) is 0 Å². The average molecular weight is 416 g/mol. The Morgan fingerprint density at radius 1 is 1.29 bits per heavy atom. The molecular weight excluding hydrogens is 397 g/mol. The van der Waals surface area contributed by atoms with Crippen LogP contribution < -0.4 is 11.2 Å². The number of rotatable bonds is 5. The summed E-state index contributed by atoms with van der Waals surface area (Å²) in [5.41, 5.74) is -0.530. The molecule has 0 saturated carbocycles. The van der Waals surface area contributed by atoms with Crippen molar-refractivity contribution in [2.24, 2.45) is 13.0 Å². The molecule has 0 bridgehead atoms. The molecule has 28 heavy (non-hydrogen) atoms. The number of pyridine rings is 1. The Balaban J connectivity index is 0.00000280. The van der Waals surface area contributed by atoms with E-state index in [-0.39, 0.29) is 41.4 Å². The van der Waals surface area contributed by atoms with Gasteiger partial charge >= 0.3 is 5.69 Å². The van der Waals surface area contributed by atoms with Gasteiger partial charge in [-0.15, -0.1) is 11.3 Å². The van der Waals surface area contributed by atoms with E-state index in [4.69, 9.17) is 0 Å². The van der Waals surface area contributed by atoms with Crippen molar-refractivity contribution in [3.05, 3.63) is 55.8 Å². The third kappa shape index (κ3) is 4.16. The minimum Gasteiger partial charge on any atom is -0.284 e. The van der Waals surface area contributed by atoms with E-state index in [1.54, 1.807) is 24.5 Å². The summed E-state index contributed by atoms with van der Waals surface area (Å²) in [6.07, 6.45) is 3.34. The van der Waals surface area contributed by atoms with Crippen LogP contribution in [0, 0.1) is 5.92 Å². The first kappa shape index (κ1) is 22.6. The summed E-state index contributed by atoms with van der Waals surface area (Å²) in [4.78, 5) is 29.4. The first-order valence-electron chi connectivity index (χ1n) is 8.22. The van der Waals surface area contributed by atoms with Gasteiger partial charge in [0.05, 0.1) is 5.39 Å². The number of aromatic nitrogens is 3. The molecule has 0 aromatic carbocycles. The molecule has 3 aromatic rings. The Morgan fingerprint density at radius 2 is 1.96 bits per heavy atom. The zero-order valence-electron chi connectivity index (χ0n) is 16.0. The summed E-state index contributed by atoms with van der Waals surface area (Å²) < 4.78 is 36.3. The summed E-state index contributed by atoms with van der Waals surface area (Å²) in [5.74, 6) is 0.0986. The van der Waals surface area contributed by atoms with Gasteiger partial charge in [-0.05, 0) is 17.5 Å². The molecule has 1 N–H and O–H groups in total. The van der Waals surface area contributed by atoms with Crippen molar-refractivity contribution in [3.63, 3.8) is 0 Å². The second-order valence-electron chi connectivity index (χ2n) is 6.70. The van der Waals surface area contributed by atoms with Gasteiger partial charge in [-0.1, -0.05) is 19.9 Å². The molecule has 0 saturated heterocycles. The minimum atomic E-state index is -4.67. The molecule has 1 radical (unpaired) electrons. The van der Waals surface area contributed by atoms with Gasteiger partial charge in [-0.3, -0.25) is 23.5 Å². The predicted octanol–water partition coefficient (Wildman–Crippen LogP) is 1.27. The van der Waals surface area contributed by atoms with E-state index < -0.39 is 26.3 Å².